The van der Waals surface area contributed by atoms with Gasteiger partial charge in [0.1, 0.15) is 12.3 Å². The Kier molecular flexibility index (Phi) is 8.29. The third kappa shape index (κ3) is 6.55. The van der Waals surface area contributed by atoms with E-state index in [1.807, 2.05) is 6.92 Å². The van der Waals surface area contributed by atoms with Gasteiger partial charge in [-0.3, -0.25) is 14.4 Å². The molecule has 1 aliphatic carbocycles. The predicted octanol–water partition coefficient (Wildman–Crippen LogP) is 2.44. The molecule has 1 fully saturated rings. The number of esters is 1. The second-order valence-electron chi connectivity index (χ2n) is 7.15. The van der Waals surface area contributed by atoms with E-state index in [9.17, 15) is 14.4 Å². The molecule has 0 aromatic heterocycles. The highest BCUT2D eigenvalue weighted by molar-refractivity contribution is 5.96. The summed E-state index contributed by atoms with van der Waals surface area (Å²) in [5.74, 6) is -0.253. The van der Waals surface area contributed by atoms with Crippen LogP contribution >= 0.6 is 0 Å². The molecular formula is C21H30N2O5. The Bertz CT molecular complexity index is 674. The number of nitrogens with one attached hydrogen (secondary N) is 2. The Morgan fingerprint density at radius 2 is 1.82 bits per heavy atom. The highest BCUT2D eigenvalue weighted by Gasteiger charge is 2.26. The lowest BCUT2D eigenvalue weighted by molar-refractivity contribution is -0.154. The number of hydrogen-bond donors (Lipinski definition) is 2. The van der Waals surface area contributed by atoms with Crippen LogP contribution in [0.3, 0.4) is 0 Å². The molecule has 3 atom stereocenters. The smallest absolute Gasteiger partial charge is 0.326 e. The molecule has 0 saturated heterocycles. The van der Waals surface area contributed by atoms with Crippen LogP contribution in [0.5, 0.6) is 5.75 Å². The average molecular weight is 390 g/mol. The van der Waals surface area contributed by atoms with Gasteiger partial charge in [-0.15, -0.1) is 0 Å². The SMILES string of the molecule is CCOc1ccc(C(=O)NCC(=O)O[C@H](C)C(=O)N[C@@H]2CCCC[C@@H]2C)cc1. The second kappa shape index (κ2) is 10.7. The van der Waals surface area contributed by atoms with Crippen molar-refractivity contribution in [1.29, 1.82) is 0 Å². The molecule has 0 heterocycles. The van der Waals surface area contributed by atoms with E-state index >= 15 is 0 Å². The quantitative estimate of drug-likeness (QED) is 0.665. The number of rotatable bonds is 8. The van der Waals surface area contributed by atoms with Crippen LogP contribution in [0.4, 0.5) is 0 Å². The molecule has 1 aromatic carbocycles. The summed E-state index contributed by atoms with van der Waals surface area (Å²) in [5.41, 5.74) is 0.410. The Hall–Kier alpha value is -2.57. The monoisotopic (exact) mass is 390 g/mol. The van der Waals surface area contributed by atoms with Crippen LogP contribution in [0.25, 0.3) is 0 Å². The first-order valence-corrected chi connectivity index (χ1v) is 9.91. The number of carbonyl (C=O) groups is 3. The van der Waals surface area contributed by atoms with Gasteiger partial charge in [-0.1, -0.05) is 19.8 Å². The average Bonchev–Trinajstić information content (AvgIpc) is 2.68. The highest BCUT2D eigenvalue weighted by Crippen LogP contribution is 2.23. The summed E-state index contributed by atoms with van der Waals surface area (Å²) >= 11 is 0. The fraction of sp³-hybridized carbons (Fsp3) is 0.571. The van der Waals surface area contributed by atoms with Crippen molar-refractivity contribution in [3.05, 3.63) is 29.8 Å². The van der Waals surface area contributed by atoms with E-state index in [0.29, 0.717) is 23.8 Å². The summed E-state index contributed by atoms with van der Waals surface area (Å²) in [7, 11) is 0. The normalized spacial score (nSPS) is 20.0. The van der Waals surface area contributed by atoms with Crippen LogP contribution < -0.4 is 15.4 Å². The van der Waals surface area contributed by atoms with E-state index in [4.69, 9.17) is 9.47 Å². The maximum atomic E-state index is 12.2. The molecule has 28 heavy (non-hydrogen) atoms. The van der Waals surface area contributed by atoms with Crippen molar-refractivity contribution in [2.45, 2.75) is 58.6 Å². The standard InChI is InChI=1S/C21H30N2O5/c1-4-27-17-11-9-16(10-12-17)21(26)22-13-19(24)28-15(3)20(25)23-18-8-6-5-7-14(18)2/h9-12,14-15,18H,4-8,13H2,1-3H3,(H,22,26)(H,23,25)/t14-,15+,18+/m0/s1. The van der Waals surface area contributed by atoms with Crippen molar-refractivity contribution in [3.8, 4) is 5.75 Å². The summed E-state index contributed by atoms with van der Waals surface area (Å²) in [6.07, 6.45) is 3.43. The lowest BCUT2D eigenvalue weighted by atomic mass is 9.86. The van der Waals surface area contributed by atoms with Crippen molar-refractivity contribution in [2.24, 2.45) is 5.92 Å². The Morgan fingerprint density at radius 3 is 2.46 bits per heavy atom. The van der Waals surface area contributed by atoms with Gasteiger partial charge in [0.05, 0.1) is 6.61 Å². The highest BCUT2D eigenvalue weighted by atomic mass is 16.5. The second-order valence-corrected chi connectivity index (χ2v) is 7.15. The van der Waals surface area contributed by atoms with Crippen molar-refractivity contribution in [1.82, 2.24) is 10.6 Å². The van der Waals surface area contributed by atoms with Gasteiger partial charge in [0.25, 0.3) is 11.8 Å². The molecule has 1 aromatic rings. The fourth-order valence-corrected chi connectivity index (χ4v) is 3.25. The molecule has 7 heteroatoms. The third-order valence-corrected chi connectivity index (χ3v) is 4.94. The van der Waals surface area contributed by atoms with Gasteiger partial charge in [-0.05, 0) is 56.9 Å². The van der Waals surface area contributed by atoms with Crippen molar-refractivity contribution in [2.75, 3.05) is 13.2 Å². The zero-order valence-corrected chi connectivity index (χ0v) is 16.8. The topological polar surface area (TPSA) is 93.7 Å². The van der Waals surface area contributed by atoms with Gasteiger partial charge in [0.15, 0.2) is 6.10 Å². The van der Waals surface area contributed by atoms with Crippen LogP contribution in [-0.4, -0.2) is 43.1 Å². The summed E-state index contributed by atoms with van der Waals surface area (Å²) < 4.78 is 10.5. The van der Waals surface area contributed by atoms with Crippen LogP contribution in [0, 0.1) is 5.92 Å². The van der Waals surface area contributed by atoms with Crippen LogP contribution in [0.2, 0.25) is 0 Å². The molecule has 0 spiro atoms. The number of hydrogen-bond acceptors (Lipinski definition) is 5. The maximum absolute atomic E-state index is 12.2. The van der Waals surface area contributed by atoms with E-state index in [-0.39, 0.29) is 18.5 Å². The first-order chi connectivity index (χ1) is 13.4. The van der Waals surface area contributed by atoms with E-state index in [1.54, 1.807) is 24.3 Å². The van der Waals surface area contributed by atoms with Gasteiger partial charge in [-0.2, -0.15) is 0 Å². The first-order valence-electron chi connectivity index (χ1n) is 9.91. The zero-order chi connectivity index (χ0) is 20.5. The van der Waals surface area contributed by atoms with Gasteiger partial charge in [-0.25, -0.2) is 0 Å². The molecule has 0 bridgehead atoms. The molecule has 2 N–H and O–H groups in total. The Labute approximate surface area is 166 Å². The van der Waals surface area contributed by atoms with Crippen molar-refractivity contribution >= 4 is 17.8 Å². The lowest BCUT2D eigenvalue weighted by Crippen LogP contribution is -2.46. The van der Waals surface area contributed by atoms with Crippen LogP contribution in [0.1, 0.15) is 56.8 Å². The number of ether oxygens (including phenoxy) is 2. The van der Waals surface area contributed by atoms with E-state index < -0.39 is 18.0 Å². The minimum Gasteiger partial charge on any atom is -0.494 e. The number of benzene rings is 1. The number of amides is 2. The molecule has 154 valence electrons. The minimum atomic E-state index is -0.899. The van der Waals surface area contributed by atoms with Crippen molar-refractivity contribution in [3.63, 3.8) is 0 Å². The van der Waals surface area contributed by atoms with Gasteiger partial charge in [0.2, 0.25) is 0 Å². The van der Waals surface area contributed by atoms with E-state index in [2.05, 4.69) is 17.6 Å². The van der Waals surface area contributed by atoms with E-state index in [0.717, 1.165) is 19.3 Å². The maximum Gasteiger partial charge on any atom is 0.326 e. The summed E-state index contributed by atoms with van der Waals surface area (Å²) in [6.45, 7) is 5.78. The van der Waals surface area contributed by atoms with Gasteiger partial charge in [0, 0.05) is 11.6 Å². The molecule has 0 aliphatic heterocycles. The van der Waals surface area contributed by atoms with Crippen LogP contribution in [0.15, 0.2) is 24.3 Å². The zero-order valence-electron chi connectivity index (χ0n) is 16.8. The number of carbonyl (C=O) groups excluding carboxylic acids is 3. The molecular weight excluding hydrogens is 360 g/mol. The largest absolute Gasteiger partial charge is 0.494 e. The first kappa shape index (κ1) is 21.7. The summed E-state index contributed by atoms with van der Waals surface area (Å²) in [4.78, 5) is 36.3. The van der Waals surface area contributed by atoms with E-state index in [1.165, 1.54) is 13.3 Å². The third-order valence-electron chi connectivity index (χ3n) is 4.94. The minimum absolute atomic E-state index is 0.127. The molecule has 0 radical (unpaired) electrons. The molecule has 1 aliphatic rings. The lowest BCUT2D eigenvalue weighted by Gasteiger charge is -2.30. The molecule has 0 unspecified atom stereocenters. The van der Waals surface area contributed by atoms with Crippen LogP contribution in [-0.2, 0) is 14.3 Å². The molecule has 2 rings (SSSR count). The molecule has 1 saturated carbocycles. The molecule has 7 nitrogen and oxygen atoms in total. The fourth-order valence-electron chi connectivity index (χ4n) is 3.25. The molecule has 2 amide bonds. The van der Waals surface area contributed by atoms with Gasteiger partial charge < -0.3 is 20.1 Å². The summed E-state index contributed by atoms with van der Waals surface area (Å²) in [5, 5.41) is 5.46. The predicted molar refractivity (Wildman–Crippen MR) is 105 cm³/mol. The van der Waals surface area contributed by atoms with Gasteiger partial charge >= 0.3 is 5.97 Å². The van der Waals surface area contributed by atoms with Crippen molar-refractivity contribution < 1.29 is 23.9 Å². The Morgan fingerprint density at radius 1 is 1.14 bits per heavy atom. The summed E-state index contributed by atoms with van der Waals surface area (Å²) in [6, 6.07) is 6.74. The Balaban J connectivity index is 1.74.